The maximum absolute atomic E-state index is 12.2. The minimum atomic E-state index is -0.884. The molecule has 5 nitrogen and oxygen atoms in total. The number of carbonyl (C=O) groups excluding carboxylic acids is 2. The Hall–Kier alpha value is -1.75. The number of amides is 1. The van der Waals surface area contributed by atoms with Crippen LogP contribution in [-0.4, -0.2) is 32.1 Å². The Morgan fingerprint density at radius 2 is 1.77 bits per heavy atom. The maximum Gasteiger partial charge on any atom is 0.328 e. The van der Waals surface area contributed by atoms with E-state index in [0.29, 0.717) is 17.7 Å². The quantitative estimate of drug-likeness (QED) is 0.617. The molecule has 2 unspecified atom stereocenters. The Morgan fingerprint density at radius 1 is 1.18 bits per heavy atom. The van der Waals surface area contributed by atoms with Crippen molar-refractivity contribution in [1.29, 1.82) is 0 Å². The molecular formula is C16H22ClNO4. The first-order valence-corrected chi connectivity index (χ1v) is 7.48. The average Bonchev–Trinajstić information content (AvgIpc) is 2.52. The Morgan fingerprint density at radius 3 is 2.23 bits per heavy atom. The summed E-state index contributed by atoms with van der Waals surface area (Å²) in [4.78, 5) is 24.0. The first kappa shape index (κ1) is 18.3. The van der Waals surface area contributed by atoms with Gasteiger partial charge in [0, 0.05) is 0 Å². The predicted octanol–water partition coefficient (Wildman–Crippen LogP) is 2.68. The molecule has 0 aliphatic heterocycles. The molecule has 22 heavy (non-hydrogen) atoms. The van der Waals surface area contributed by atoms with Gasteiger partial charge in [0.1, 0.15) is 17.2 Å². The van der Waals surface area contributed by atoms with Crippen LogP contribution in [0.1, 0.15) is 31.2 Å². The molecule has 0 aliphatic carbocycles. The highest BCUT2D eigenvalue weighted by Gasteiger charge is 2.26. The fourth-order valence-electron chi connectivity index (χ4n) is 2.00. The van der Waals surface area contributed by atoms with Crippen LogP contribution in [0.4, 0.5) is 0 Å². The summed E-state index contributed by atoms with van der Waals surface area (Å²) in [6, 6.07) is 6.18. The van der Waals surface area contributed by atoms with Gasteiger partial charge in [-0.15, -0.1) is 11.6 Å². The molecule has 1 N–H and O–H groups in total. The molecular weight excluding hydrogens is 306 g/mol. The molecule has 6 heteroatoms. The summed E-state index contributed by atoms with van der Waals surface area (Å²) >= 11 is 6.18. The Kier molecular flexibility index (Phi) is 7.18. The van der Waals surface area contributed by atoms with Crippen molar-refractivity contribution >= 4 is 23.5 Å². The predicted molar refractivity (Wildman–Crippen MR) is 85.0 cm³/mol. The molecule has 0 radical (unpaired) electrons. The number of esters is 1. The van der Waals surface area contributed by atoms with E-state index >= 15 is 0 Å². The molecule has 0 aromatic heterocycles. The highest BCUT2D eigenvalue weighted by molar-refractivity contribution is 6.30. The van der Waals surface area contributed by atoms with Crippen LogP contribution in [0.25, 0.3) is 0 Å². The summed E-state index contributed by atoms with van der Waals surface area (Å²) < 4.78 is 9.78. The first-order chi connectivity index (χ1) is 10.4. The lowest BCUT2D eigenvalue weighted by molar-refractivity contribution is -0.145. The van der Waals surface area contributed by atoms with E-state index in [1.807, 2.05) is 13.8 Å². The number of methoxy groups -OCH3 is 2. The fraction of sp³-hybridized carbons (Fsp3) is 0.500. The van der Waals surface area contributed by atoms with Gasteiger partial charge in [-0.3, -0.25) is 4.79 Å². The van der Waals surface area contributed by atoms with Crippen LogP contribution in [0.15, 0.2) is 24.3 Å². The SMILES string of the molecule is COC(=O)C(CC(C)C)NC(=O)C(Cl)c1ccc(OC)cc1. The Labute approximate surface area is 135 Å². The fourth-order valence-corrected chi connectivity index (χ4v) is 2.21. The van der Waals surface area contributed by atoms with Gasteiger partial charge in [-0.2, -0.15) is 0 Å². The molecule has 0 fully saturated rings. The van der Waals surface area contributed by atoms with E-state index in [1.54, 1.807) is 31.4 Å². The van der Waals surface area contributed by atoms with Gasteiger partial charge in [-0.25, -0.2) is 4.79 Å². The van der Waals surface area contributed by atoms with Crippen molar-refractivity contribution in [2.24, 2.45) is 5.92 Å². The molecule has 0 bridgehead atoms. The minimum absolute atomic E-state index is 0.235. The summed E-state index contributed by atoms with van der Waals surface area (Å²) in [6.45, 7) is 3.92. The molecule has 0 saturated carbocycles. The van der Waals surface area contributed by atoms with Crippen molar-refractivity contribution < 1.29 is 19.1 Å². The van der Waals surface area contributed by atoms with Crippen LogP contribution < -0.4 is 10.1 Å². The lowest BCUT2D eigenvalue weighted by Crippen LogP contribution is -2.43. The first-order valence-electron chi connectivity index (χ1n) is 7.05. The zero-order chi connectivity index (χ0) is 16.7. The van der Waals surface area contributed by atoms with Crippen LogP contribution in [-0.2, 0) is 14.3 Å². The molecule has 1 amide bonds. The van der Waals surface area contributed by atoms with Crippen molar-refractivity contribution in [2.45, 2.75) is 31.7 Å². The van der Waals surface area contributed by atoms with Crippen LogP contribution in [0.2, 0.25) is 0 Å². The standard InChI is InChI=1S/C16H22ClNO4/c1-10(2)9-13(16(20)22-4)18-15(19)14(17)11-5-7-12(21-3)8-6-11/h5-8,10,13-14H,9H2,1-4H3,(H,18,19). The average molecular weight is 328 g/mol. The van der Waals surface area contributed by atoms with E-state index in [2.05, 4.69) is 5.32 Å². The third-order valence-electron chi connectivity index (χ3n) is 3.15. The zero-order valence-corrected chi connectivity index (χ0v) is 14.0. The van der Waals surface area contributed by atoms with Gasteiger partial charge in [0.05, 0.1) is 14.2 Å². The summed E-state index contributed by atoms with van der Waals surface area (Å²) in [7, 11) is 2.86. The molecule has 0 saturated heterocycles. The van der Waals surface area contributed by atoms with Crippen molar-refractivity contribution in [3.63, 3.8) is 0 Å². The van der Waals surface area contributed by atoms with Gasteiger partial charge in [-0.1, -0.05) is 26.0 Å². The second-order valence-corrected chi connectivity index (χ2v) is 5.79. The van der Waals surface area contributed by atoms with Gasteiger partial charge >= 0.3 is 5.97 Å². The van der Waals surface area contributed by atoms with E-state index in [4.69, 9.17) is 21.1 Å². The van der Waals surface area contributed by atoms with Crippen molar-refractivity contribution in [2.75, 3.05) is 14.2 Å². The van der Waals surface area contributed by atoms with Crippen molar-refractivity contribution in [3.8, 4) is 5.75 Å². The lowest BCUT2D eigenvalue weighted by atomic mass is 10.0. The highest BCUT2D eigenvalue weighted by atomic mass is 35.5. The van der Waals surface area contributed by atoms with Crippen molar-refractivity contribution in [3.05, 3.63) is 29.8 Å². The van der Waals surface area contributed by atoms with E-state index < -0.39 is 23.3 Å². The maximum atomic E-state index is 12.2. The number of nitrogens with one attached hydrogen (secondary N) is 1. The molecule has 1 rings (SSSR count). The number of carbonyl (C=O) groups is 2. The van der Waals surface area contributed by atoms with Gasteiger partial charge in [0.15, 0.2) is 0 Å². The molecule has 2 atom stereocenters. The highest BCUT2D eigenvalue weighted by Crippen LogP contribution is 2.23. The summed E-state index contributed by atoms with van der Waals surface area (Å²) in [6.07, 6.45) is 0.491. The number of ether oxygens (including phenoxy) is 2. The van der Waals surface area contributed by atoms with E-state index in [1.165, 1.54) is 7.11 Å². The summed E-state index contributed by atoms with van der Waals surface area (Å²) in [5.41, 5.74) is 0.633. The molecule has 1 aromatic rings. The monoisotopic (exact) mass is 327 g/mol. The Bertz CT molecular complexity index is 501. The number of rotatable bonds is 7. The van der Waals surface area contributed by atoms with E-state index in [9.17, 15) is 9.59 Å². The third kappa shape index (κ3) is 5.22. The van der Waals surface area contributed by atoms with Crippen LogP contribution in [0, 0.1) is 5.92 Å². The molecule has 0 spiro atoms. The van der Waals surface area contributed by atoms with Gasteiger partial charge < -0.3 is 14.8 Å². The Balaban J connectivity index is 2.76. The summed E-state index contributed by atoms with van der Waals surface area (Å²) in [5.74, 6) is 0.0166. The molecule has 122 valence electrons. The smallest absolute Gasteiger partial charge is 0.328 e. The van der Waals surface area contributed by atoms with E-state index in [0.717, 1.165) is 0 Å². The van der Waals surface area contributed by atoms with Gasteiger partial charge in [0.25, 0.3) is 0 Å². The number of halogens is 1. The molecule has 0 aliphatic rings. The number of hydrogen-bond acceptors (Lipinski definition) is 4. The normalized spacial score (nSPS) is 13.4. The van der Waals surface area contributed by atoms with Gasteiger partial charge in [-0.05, 0) is 30.0 Å². The van der Waals surface area contributed by atoms with Crippen molar-refractivity contribution in [1.82, 2.24) is 5.32 Å². The second-order valence-electron chi connectivity index (χ2n) is 5.35. The number of benzene rings is 1. The number of hydrogen-bond donors (Lipinski definition) is 1. The summed E-state index contributed by atoms with van der Waals surface area (Å²) in [5, 5.41) is 1.77. The topological polar surface area (TPSA) is 64.6 Å². The van der Waals surface area contributed by atoms with Gasteiger partial charge in [0.2, 0.25) is 5.91 Å². The zero-order valence-electron chi connectivity index (χ0n) is 13.3. The third-order valence-corrected chi connectivity index (χ3v) is 3.60. The molecule has 0 heterocycles. The van der Waals surface area contributed by atoms with Crippen LogP contribution >= 0.6 is 11.6 Å². The van der Waals surface area contributed by atoms with E-state index in [-0.39, 0.29) is 5.92 Å². The minimum Gasteiger partial charge on any atom is -0.497 e. The van der Waals surface area contributed by atoms with Crippen LogP contribution in [0.3, 0.4) is 0 Å². The lowest BCUT2D eigenvalue weighted by Gasteiger charge is -2.20. The second kappa shape index (κ2) is 8.63. The molecule has 1 aromatic carbocycles. The number of alkyl halides is 1. The largest absolute Gasteiger partial charge is 0.497 e. The van der Waals surface area contributed by atoms with Crippen LogP contribution in [0.5, 0.6) is 5.75 Å².